The highest BCUT2D eigenvalue weighted by atomic mass is 32.1. The zero-order chi connectivity index (χ0) is 35.6. The normalized spacial score (nSPS) is 13.9. The van der Waals surface area contributed by atoms with E-state index in [9.17, 15) is 48.6 Å². The minimum Gasteiger partial charge on any atom is -0.481 e. The van der Waals surface area contributed by atoms with Gasteiger partial charge in [0.25, 0.3) is 0 Å². The number of nitrogens with one attached hydrogen (secondary N) is 5. The van der Waals surface area contributed by atoms with Gasteiger partial charge in [0.2, 0.25) is 35.4 Å². The Bertz CT molecular complexity index is 1150. The number of aliphatic imine (C=N–C) groups is 1. The van der Waals surface area contributed by atoms with Crippen molar-refractivity contribution in [1.82, 2.24) is 26.6 Å². The Morgan fingerprint density at radius 1 is 0.717 bits per heavy atom. The van der Waals surface area contributed by atoms with Crippen LogP contribution in [0, 0.1) is 5.92 Å². The number of nitrogens with two attached hydrogens (primary N) is 4. The number of carbonyl (C=O) groups is 8. The Balaban J connectivity index is 6.07. The van der Waals surface area contributed by atoms with Crippen molar-refractivity contribution >= 4 is 66.0 Å². The van der Waals surface area contributed by atoms with E-state index in [2.05, 4.69) is 44.2 Å². The fourth-order valence-corrected chi connectivity index (χ4v) is 4.05. The zero-order valence-corrected chi connectivity index (χ0v) is 26.4. The molecule has 0 aromatic carbocycles. The van der Waals surface area contributed by atoms with Crippen molar-refractivity contribution in [2.45, 2.75) is 76.2 Å². The highest BCUT2D eigenvalue weighted by Crippen LogP contribution is 2.07. The number of carbonyl (C=O) groups excluding carboxylic acids is 6. The molecule has 0 aliphatic heterocycles. The average Bonchev–Trinajstić information content (AvgIpc) is 2.94. The summed E-state index contributed by atoms with van der Waals surface area (Å²) in [5.74, 6) is -9.38. The second kappa shape index (κ2) is 21.1. The third kappa shape index (κ3) is 17.0. The molecule has 0 aliphatic rings. The summed E-state index contributed by atoms with van der Waals surface area (Å²) in [4.78, 5) is 102. The van der Waals surface area contributed by atoms with Crippen LogP contribution in [0.25, 0.3) is 0 Å². The van der Waals surface area contributed by atoms with Crippen molar-refractivity contribution in [3.63, 3.8) is 0 Å². The molecule has 0 bridgehead atoms. The number of thiol groups is 1. The first-order valence-electron chi connectivity index (χ1n) is 14.0. The molecule has 260 valence electrons. The number of guanidine groups is 1. The van der Waals surface area contributed by atoms with Gasteiger partial charge in [-0.25, -0.2) is 4.79 Å². The molecule has 6 amide bonds. The Kier molecular flexibility index (Phi) is 19.0. The molecule has 0 aromatic heterocycles. The Hall–Kier alpha value is -4.66. The van der Waals surface area contributed by atoms with Gasteiger partial charge >= 0.3 is 11.9 Å². The lowest BCUT2D eigenvalue weighted by atomic mass is 10.0. The molecule has 0 aromatic rings. The van der Waals surface area contributed by atoms with Crippen LogP contribution >= 0.6 is 12.6 Å². The van der Waals surface area contributed by atoms with Gasteiger partial charge in [-0.1, -0.05) is 13.8 Å². The van der Waals surface area contributed by atoms with E-state index in [0.29, 0.717) is 0 Å². The summed E-state index contributed by atoms with van der Waals surface area (Å²) in [7, 11) is 0. The third-order valence-corrected chi connectivity index (χ3v) is 6.33. The molecule has 0 spiro atoms. The van der Waals surface area contributed by atoms with Gasteiger partial charge in [-0.2, -0.15) is 12.6 Å². The molecule has 0 fully saturated rings. The first-order valence-corrected chi connectivity index (χ1v) is 14.6. The molecule has 15 N–H and O–H groups in total. The number of amides is 6. The number of nitrogens with zero attached hydrogens (tertiary/aromatic N) is 1. The molecule has 46 heavy (non-hydrogen) atoms. The van der Waals surface area contributed by atoms with Crippen molar-refractivity contribution in [2.75, 3.05) is 18.8 Å². The molecule has 5 atom stereocenters. The topological polar surface area (TPSA) is 354 Å². The lowest BCUT2D eigenvalue weighted by Gasteiger charge is -2.26. The van der Waals surface area contributed by atoms with Gasteiger partial charge in [0.15, 0.2) is 5.96 Å². The second-order valence-electron chi connectivity index (χ2n) is 10.4. The SMILES string of the molecule is CC(C)C[C@H](NC(=O)[C@H](CS)NC(=O)[C@H](CCCN=C(N)N)NC(=O)[C@H](CC(=O)O)NC(=O)[C@H](CC(N)=O)NC(=O)CN)C(=O)O. The molecule has 0 aliphatic carbocycles. The summed E-state index contributed by atoms with van der Waals surface area (Å²) >= 11 is 4.06. The Morgan fingerprint density at radius 2 is 1.20 bits per heavy atom. The molecule has 0 saturated carbocycles. The van der Waals surface area contributed by atoms with E-state index >= 15 is 0 Å². The minimum absolute atomic E-state index is 0.0128. The van der Waals surface area contributed by atoms with Crippen LogP contribution in [0.1, 0.15) is 46.0 Å². The molecular weight excluding hydrogens is 632 g/mol. The van der Waals surface area contributed by atoms with E-state index in [1.54, 1.807) is 13.8 Å². The lowest BCUT2D eigenvalue weighted by molar-refractivity contribution is -0.142. The monoisotopic (exact) mass is 676 g/mol. The van der Waals surface area contributed by atoms with Crippen LogP contribution < -0.4 is 49.5 Å². The van der Waals surface area contributed by atoms with Crippen molar-refractivity contribution in [3.8, 4) is 0 Å². The van der Waals surface area contributed by atoms with Crippen LogP contribution in [0.5, 0.6) is 0 Å². The molecule has 0 heterocycles. The number of aliphatic carboxylic acids is 2. The molecule has 0 unspecified atom stereocenters. The molecule has 0 saturated heterocycles. The number of rotatable bonds is 22. The largest absolute Gasteiger partial charge is 0.481 e. The summed E-state index contributed by atoms with van der Waals surface area (Å²) in [6.45, 7) is 2.96. The van der Waals surface area contributed by atoms with E-state index in [1.807, 2.05) is 0 Å². The first-order chi connectivity index (χ1) is 21.4. The van der Waals surface area contributed by atoms with Crippen molar-refractivity contribution in [2.24, 2.45) is 33.8 Å². The van der Waals surface area contributed by atoms with E-state index < -0.39 is 97.0 Å². The van der Waals surface area contributed by atoms with E-state index in [4.69, 9.17) is 22.9 Å². The molecular formula is C25H44N10O10S. The summed E-state index contributed by atoms with van der Waals surface area (Å²) < 4.78 is 0. The van der Waals surface area contributed by atoms with E-state index in [0.717, 1.165) is 0 Å². The maximum absolute atomic E-state index is 13.3. The molecule has 21 heteroatoms. The van der Waals surface area contributed by atoms with Gasteiger partial charge in [0.05, 0.1) is 19.4 Å². The molecule has 20 nitrogen and oxygen atoms in total. The van der Waals surface area contributed by atoms with Crippen molar-refractivity contribution < 1.29 is 48.6 Å². The smallest absolute Gasteiger partial charge is 0.326 e. The van der Waals surface area contributed by atoms with Gasteiger partial charge < -0.3 is 59.7 Å². The Morgan fingerprint density at radius 3 is 1.65 bits per heavy atom. The zero-order valence-electron chi connectivity index (χ0n) is 25.5. The first kappa shape index (κ1) is 41.3. The van der Waals surface area contributed by atoms with Crippen LogP contribution in [-0.2, 0) is 38.4 Å². The highest BCUT2D eigenvalue weighted by molar-refractivity contribution is 7.80. The van der Waals surface area contributed by atoms with Crippen LogP contribution in [0.3, 0.4) is 0 Å². The van der Waals surface area contributed by atoms with Gasteiger partial charge in [0, 0.05) is 12.3 Å². The maximum atomic E-state index is 13.3. The highest BCUT2D eigenvalue weighted by Gasteiger charge is 2.33. The second-order valence-corrected chi connectivity index (χ2v) is 10.8. The van der Waals surface area contributed by atoms with Crippen LogP contribution in [0.4, 0.5) is 0 Å². The number of primary amides is 1. The van der Waals surface area contributed by atoms with Crippen molar-refractivity contribution in [1.29, 1.82) is 0 Å². The molecule has 0 radical (unpaired) electrons. The fourth-order valence-electron chi connectivity index (χ4n) is 3.80. The predicted molar refractivity (Wildman–Crippen MR) is 166 cm³/mol. The number of hydrogen-bond acceptors (Lipinski definition) is 11. The third-order valence-electron chi connectivity index (χ3n) is 5.97. The van der Waals surface area contributed by atoms with Gasteiger partial charge in [-0.05, 0) is 25.2 Å². The number of carboxylic acid groups (broad SMARTS) is 2. The van der Waals surface area contributed by atoms with Crippen LogP contribution in [0.2, 0.25) is 0 Å². The summed E-state index contributed by atoms with van der Waals surface area (Å²) in [5.41, 5.74) is 21.0. The molecule has 0 rings (SSSR count). The fraction of sp³-hybridized carbons (Fsp3) is 0.640. The van der Waals surface area contributed by atoms with Gasteiger partial charge in [-0.3, -0.25) is 38.6 Å². The number of hydrogen-bond donors (Lipinski definition) is 12. The van der Waals surface area contributed by atoms with Gasteiger partial charge in [-0.15, -0.1) is 0 Å². The maximum Gasteiger partial charge on any atom is 0.326 e. The lowest BCUT2D eigenvalue weighted by Crippen LogP contribution is -2.59. The summed E-state index contributed by atoms with van der Waals surface area (Å²) in [6, 6.07) is -7.47. The van der Waals surface area contributed by atoms with E-state index in [-0.39, 0.29) is 43.4 Å². The van der Waals surface area contributed by atoms with Gasteiger partial charge in [0.1, 0.15) is 30.2 Å². The summed E-state index contributed by atoms with van der Waals surface area (Å²) in [5, 5.41) is 30.1. The Labute approximate surface area is 270 Å². The standard InChI is InChI=1S/C25H44N10O10S/c1-11(2)6-15(24(44)45)34-23(43)16(10-46)35-20(40)12(4-3-5-30-25(28)29)32-22(42)14(8-19(38)39)33-21(41)13(7-17(27)36)31-18(37)9-26/h11-16,46H,3-10,26H2,1-2H3,(H2,27,36)(H,31,37)(H,32,42)(H,33,41)(H,34,43)(H,35,40)(H,38,39)(H,44,45)(H4,28,29,30)/t12-,13-,14-,15-,16-/m0/s1. The predicted octanol–water partition coefficient (Wildman–Crippen LogP) is -5.17. The van der Waals surface area contributed by atoms with Crippen LogP contribution in [-0.4, -0.2) is 113 Å². The van der Waals surface area contributed by atoms with E-state index in [1.165, 1.54) is 0 Å². The van der Waals surface area contributed by atoms with Crippen LogP contribution in [0.15, 0.2) is 4.99 Å². The van der Waals surface area contributed by atoms with Crippen molar-refractivity contribution in [3.05, 3.63) is 0 Å². The summed E-state index contributed by atoms with van der Waals surface area (Å²) in [6.07, 6.45) is -1.63. The number of carboxylic acids is 2. The quantitative estimate of drug-likeness (QED) is 0.0221. The average molecular weight is 677 g/mol. The minimum atomic E-state index is -1.82.